The van der Waals surface area contributed by atoms with E-state index < -0.39 is 15.8 Å². The highest BCUT2D eigenvalue weighted by atomic mass is 32.2. The summed E-state index contributed by atoms with van der Waals surface area (Å²) < 4.78 is 35.0. The van der Waals surface area contributed by atoms with Crippen LogP contribution in [-0.4, -0.2) is 30.4 Å². The van der Waals surface area contributed by atoms with E-state index in [1.54, 1.807) is 42.4 Å². The van der Waals surface area contributed by atoms with Crippen LogP contribution in [0.5, 0.6) is 0 Å². The zero-order valence-electron chi connectivity index (χ0n) is 17.7. The molecule has 2 aromatic heterocycles. The van der Waals surface area contributed by atoms with Gasteiger partial charge in [-0.15, -0.1) is 0 Å². The Morgan fingerprint density at radius 2 is 2.00 bits per heavy atom. The van der Waals surface area contributed by atoms with Crippen LogP contribution in [0.1, 0.15) is 22.3 Å². The van der Waals surface area contributed by atoms with Crippen molar-refractivity contribution in [3.8, 4) is 0 Å². The molecule has 0 bridgehead atoms. The molecular weight excluding hydrogens is 444 g/mol. The first-order valence-corrected chi connectivity index (χ1v) is 11.8. The van der Waals surface area contributed by atoms with Crippen LogP contribution in [0.2, 0.25) is 0 Å². The minimum Gasteiger partial charge on any atom is -0.408 e. The van der Waals surface area contributed by atoms with Crippen LogP contribution in [0.3, 0.4) is 0 Å². The van der Waals surface area contributed by atoms with Crippen molar-refractivity contribution < 1.29 is 17.6 Å². The van der Waals surface area contributed by atoms with Gasteiger partial charge in [-0.3, -0.25) is 19.1 Å². The summed E-state index contributed by atoms with van der Waals surface area (Å²) in [5.74, 6) is -0.755. The fourth-order valence-corrected chi connectivity index (χ4v) is 5.05. The first-order chi connectivity index (χ1) is 15.8. The minimum atomic E-state index is -3.96. The van der Waals surface area contributed by atoms with Crippen LogP contribution in [0.15, 0.2) is 75.0 Å². The Balaban J connectivity index is 1.47. The first-order valence-electron chi connectivity index (χ1n) is 10.3. The Morgan fingerprint density at radius 3 is 2.79 bits per heavy atom. The molecule has 10 heteroatoms. The van der Waals surface area contributed by atoms with Gasteiger partial charge in [0, 0.05) is 37.7 Å². The maximum atomic E-state index is 13.0. The van der Waals surface area contributed by atoms with E-state index in [1.807, 2.05) is 6.07 Å². The number of nitrogens with one attached hydrogen (secondary N) is 1. The molecule has 0 saturated heterocycles. The molecule has 1 amide bonds. The molecule has 1 aliphatic heterocycles. The smallest absolute Gasteiger partial charge is 0.408 e. The van der Waals surface area contributed by atoms with E-state index in [0.29, 0.717) is 29.0 Å². The number of pyridine rings is 1. The van der Waals surface area contributed by atoms with E-state index in [9.17, 15) is 18.0 Å². The third-order valence-corrected chi connectivity index (χ3v) is 7.06. The standard InChI is InChI=1S/C23H20N4O5S/c1-26-19-9-8-18(13-21(19)32-23(26)29)33(30,31)25-17-7-6-15-5-3-11-27(20(15)12-17)22(28)16-4-2-10-24-14-16/h2,4,6-10,12-14,25H,3,5,11H2,1H3. The van der Waals surface area contributed by atoms with Crippen LogP contribution in [0.25, 0.3) is 11.1 Å². The van der Waals surface area contributed by atoms with Crippen molar-refractivity contribution in [2.75, 3.05) is 16.2 Å². The summed E-state index contributed by atoms with van der Waals surface area (Å²) >= 11 is 0. The zero-order chi connectivity index (χ0) is 23.2. The second-order valence-corrected chi connectivity index (χ2v) is 9.49. The molecule has 1 N–H and O–H groups in total. The molecule has 33 heavy (non-hydrogen) atoms. The van der Waals surface area contributed by atoms with Gasteiger partial charge in [-0.2, -0.15) is 0 Å². The van der Waals surface area contributed by atoms with Crippen molar-refractivity contribution in [3.05, 3.63) is 82.6 Å². The number of amides is 1. The molecule has 2 aromatic carbocycles. The van der Waals surface area contributed by atoms with Gasteiger partial charge in [0.15, 0.2) is 5.58 Å². The largest absolute Gasteiger partial charge is 0.419 e. The number of hydrogen-bond acceptors (Lipinski definition) is 6. The number of oxazole rings is 1. The van der Waals surface area contributed by atoms with Gasteiger partial charge >= 0.3 is 5.76 Å². The van der Waals surface area contributed by atoms with Crippen LogP contribution >= 0.6 is 0 Å². The van der Waals surface area contributed by atoms with E-state index in [4.69, 9.17) is 4.42 Å². The van der Waals surface area contributed by atoms with Gasteiger partial charge in [0.2, 0.25) is 0 Å². The molecule has 0 atom stereocenters. The number of carbonyl (C=O) groups excluding carboxylic acids is 1. The monoisotopic (exact) mass is 464 g/mol. The fraction of sp³-hybridized carbons (Fsp3) is 0.174. The van der Waals surface area contributed by atoms with Gasteiger partial charge in [-0.05, 0) is 54.8 Å². The summed E-state index contributed by atoms with van der Waals surface area (Å²) in [7, 11) is -2.41. The summed E-state index contributed by atoms with van der Waals surface area (Å²) in [6.07, 6.45) is 4.72. The highest BCUT2D eigenvalue weighted by Crippen LogP contribution is 2.32. The zero-order valence-corrected chi connectivity index (χ0v) is 18.5. The predicted octanol–water partition coefficient (Wildman–Crippen LogP) is 2.92. The lowest BCUT2D eigenvalue weighted by atomic mass is 10.0. The van der Waals surface area contributed by atoms with Crippen molar-refractivity contribution in [3.63, 3.8) is 0 Å². The average molecular weight is 465 g/mol. The molecule has 0 spiro atoms. The quantitative estimate of drug-likeness (QED) is 0.497. The Morgan fingerprint density at radius 1 is 1.15 bits per heavy atom. The van der Waals surface area contributed by atoms with Crippen molar-refractivity contribution in [2.45, 2.75) is 17.7 Å². The lowest BCUT2D eigenvalue weighted by Crippen LogP contribution is -2.35. The highest BCUT2D eigenvalue weighted by Gasteiger charge is 2.25. The maximum absolute atomic E-state index is 13.0. The first kappa shape index (κ1) is 21.0. The van der Waals surface area contributed by atoms with Gasteiger partial charge in [0.05, 0.1) is 21.7 Å². The number of nitrogens with zero attached hydrogens (tertiary/aromatic N) is 3. The molecule has 0 aliphatic carbocycles. The number of rotatable bonds is 4. The Labute approximate surface area is 189 Å². The summed E-state index contributed by atoms with van der Waals surface area (Å²) in [5.41, 5.74) is 3.11. The molecule has 0 radical (unpaired) electrons. The summed E-state index contributed by atoms with van der Waals surface area (Å²) in [6, 6.07) is 12.8. The van der Waals surface area contributed by atoms with Crippen molar-refractivity contribution in [1.82, 2.24) is 9.55 Å². The van der Waals surface area contributed by atoms with Gasteiger partial charge in [-0.1, -0.05) is 6.07 Å². The van der Waals surface area contributed by atoms with E-state index >= 15 is 0 Å². The normalized spacial score (nSPS) is 13.7. The number of fused-ring (bicyclic) bond motifs is 2. The molecule has 168 valence electrons. The Kier molecular flexibility index (Phi) is 5.01. The lowest BCUT2D eigenvalue weighted by Gasteiger charge is -2.30. The molecular formula is C23H20N4O5S. The third-order valence-electron chi connectivity index (χ3n) is 5.68. The van der Waals surface area contributed by atoms with Gasteiger partial charge in [0.1, 0.15) is 0 Å². The van der Waals surface area contributed by atoms with Gasteiger partial charge in [0.25, 0.3) is 15.9 Å². The number of benzene rings is 2. The van der Waals surface area contributed by atoms with Crippen LogP contribution in [0, 0.1) is 0 Å². The van der Waals surface area contributed by atoms with Crippen molar-refractivity contribution >= 4 is 38.4 Å². The Bertz CT molecular complexity index is 1540. The van der Waals surface area contributed by atoms with E-state index in [2.05, 4.69) is 9.71 Å². The lowest BCUT2D eigenvalue weighted by molar-refractivity contribution is 0.0985. The predicted molar refractivity (Wildman–Crippen MR) is 123 cm³/mol. The molecule has 5 rings (SSSR count). The number of carbonyl (C=O) groups is 1. The van der Waals surface area contributed by atoms with Crippen LogP contribution < -0.4 is 15.4 Å². The van der Waals surface area contributed by atoms with E-state index in [0.717, 1.165) is 18.4 Å². The highest BCUT2D eigenvalue weighted by molar-refractivity contribution is 7.92. The number of anilines is 2. The summed E-state index contributed by atoms with van der Waals surface area (Å²) in [5, 5.41) is 0. The number of hydrogen-bond donors (Lipinski definition) is 1. The van der Waals surface area contributed by atoms with Crippen molar-refractivity contribution in [1.29, 1.82) is 0 Å². The number of sulfonamides is 1. The molecule has 3 heterocycles. The van der Waals surface area contributed by atoms with Gasteiger partial charge in [-0.25, -0.2) is 13.2 Å². The third kappa shape index (κ3) is 3.78. The average Bonchev–Trinajstić information content (AvgIpc) is 3.11. The molecule has 9 nitrogen and oxygen atoms in total. The Hall–Kier alpha value is -3.92. The molecule has 1 aliphatic rings. The SMILES string of the molecule is Cn1c(=O)oc2cc(S(=O)(=O)Nc3ccc4c(c3)N(C(=O)c3cccnc3)CCC4)ccc21. The number of aromatic nitrogens is 2. The maximum Gasteiger partial charge on any atom is 0.419 e. The number of aryl methyl sites for hydroxylation is 2. The summed E-state index contributed by atoms with van der Waals surface area (Å²) in [4.78, 5) is 30.4. The van der Waals surface area contributed by atoms with Crippen molar-refractivity contribution in [2.24, 2.45) is 7.05 Å². The van der Waals surface area contributed by atoms with Gasteiger partial charge < -0.3 is 9.32 Å². The minimum absolute atomic E-state index is 0.0367. The second kappa shape index (κ2) is 7.89. The molecule has 0 saturated carbocycles. The molecule has 4 aromatic rings. The fourth-order valence-electron chi connectivity index (χ4n) is 3.99. The van der Waals surface area contributed by atoms with E-state index in [-0.39, 0.29) is 16.4 Å². The van der Waals surface area contributed by atoms with Crippen LogP contribution in [-0.2, 0) is 23.5 Å². The summed E-state index contributed by atoms with van der Waals surface area (Å²) in [6.45, 7) is 0.528. The molecule has 0 fully saturated rings. The molecule has 0 unspecified atom stereocenters. The topological polar surface area (TPSA) is 115 Å². The van der Waals surface area contributed by atoms with E-state index in [1.165, 1.54) is 29.0 Å². The van der Waals surface area contributed by atoms with Crippen LogP contribution in [0.4, 0.5) is 11.4 Å². The second-order valence-electron chi connectivity index (χ2n) is 7.81.